The highest BCUT2D eigenvalue weighted by molar-refractivity contribution is 6.03. The first-order valence-corrected chi connectivity index (χ1v) is 3.17. The van der Waals surface area contributed by atoms with Crippen LogP contribution in [-0.4, -0.2) is 5.84 Å². The van der Waals surface area contributed by atoms with E-state index in [1.807, 2.05) is 19.1 Å². The average Bonchev–Trinajstić information content (AvgIpc) is 2.36. The maximum absolute atomic E-state index is 4.06. The van der Waals surface area contributed by atoms with Gasteiger partial charge in [0.05, 0.1) is 0 Å². The molecular formula is C8H10N2. The van der Waals surface area contributed by atoms with E-state index in [-0.39, 0.29) is 0 Å². The lowest BCUT2D eigenvalue weighted by atomic mass is 10.2. The fourth-order valence-corrected chi connectivity index (χ4v) is 0.796. The van der Waals surface area contributed by atoms with Gasteiger partial charge in [-0.2, -0.15) is 0 Å². The van der Waals surface area contributed by atoms with Crippen molar-refractivity contribution in [1.29, 1.82) is 0 Å². The van der Waals surface area contributed by atoms with E-state index in [1.165, 1.54) is 0 Å². The third-order valence-corrected chi connectivity index (χ3v) is 1.28. The number of aliphatic imine (C=N–C) groups is 1. The molecule has 2 nitrogen and oxygen atoms in total. The van der Waals surface area contributed by atoms with Crippen molar-refractivity contribution in [3.63, 3.8) is 0 Å². The molecule has 0 bridgehead atoms. The van der Waals surface area contributed by atoms with Crippen molar-refractivity contribution in [2.24, 2.45) is 4.99 Å². The quantitative estimate of drug-likeness (QED) is 0.578. The van der Waals surface area contributed by atoms with Gasteiger partial charge in [0.15, 0.2) is 0 Å². The molecule has 2 heteroatoms. The molecule has 0 amide bonds. The zero-order valence-electron chi connectivity index (χ0n) is 5.96. The van der Waals surface area contributed by atoms with Crippen molar-refractivity contribution in [1.82, 2.24) is 5.32 Å². The van der Waals surface area contributed by atoms with E-state index < -0.39 is 0 Å². The first-order chi connectivity index (χ1) is 4.88. The number of hydrogen-bond acceptors (Lipinski definition) is 2. The highest BCUT2D eigenvalue weighted by Gasteiger charge is 2.03. The largest absolute Gasteiger partial charge is 0.347 e. The Labute approximate surface area is 60.7 Å². The van der Waals surface area contributed by atoms with Crippen LogP contribution in [0.4, 0.5) is 0 Å². The van der Waals surface area contributed by atoms with E-state index in [0.717, 1.165) is 11.4 Å². The second-order valence-corrected chi connectivity index (χ2v) is 1.89. The lowest BCUT2D eigenvalue weighted by Crippen LogP contribution is -2.15. The van der Waals surface area contributed by atoms with Gasteiger partial charge in [-0.3, -0.25) is 0 Å². The van der Waals surface area contributed by atoms with Crippen LogP contribution in [0.5, 0.6) is 0 Å². The lowest BCUT2D eigenvalue weighted by Gasteiger charge is -1.99. The number of amidine groups is 1. The Morgan fingerprint density at radius 3 is 3.10 bits per heavy atom. The van der Waals surface area contributed by atoms with E-state index in [0.29, 0.717) is 0 Å². The molecule has 1 heterocycles. The Morgan fingerprint density at radius 2 is 2.50 bits per heavy atom. The summed E-state index contributed by atoms with van der Waals surface area (Å²) in [7, 11) is 0. The minimum absolute atomic E-state index is 0.873. The number of nitrogens with zero attached hydrogens (tertiary/aromatic N) is 1. The zero-order chi connectivity index (χ0) is 7.40. The second kappa shape index (κ2) is 3.01. The summed E-state index contributed by atoms with van der Waals surface area (Å²) in [5.74, 6) is 0.873. The van der Waals surface area contributed by atoms with Gasteiger partial charge in [-0.25, -0.2) is 4.99 Å². The summed E-state index contributed by atoms with van der Waals surface area (Å²) < 4.78 is 0. The number of rotatable bonds is 1. The molecule has 1 aliphatic heterocycles. The highest BCUT2D eigenvalue weighted by Crippen LogP contribution is 2.05. The normalized spacial score (nSPS) is 19.3. The maximum atomic E-state index is 4.06. The van der Waals surface area contributed by atoms with E-state index >= 15 is 0 Å². The summed E-state index contributed by atoms with van der Waals surface area (Å²) in [6, 6.07) is 0. The molecule has 0 aliphatic carbocycles. The van der Waals surface area contributed by atoms with Crippen LogP contribution < -0.4 is 5.32 Å². The van der Waals surface area contributed by atoms with Crippen molar-refractivity contribution in [3.8, 4) is 0 Å². The van der Waals surface area contributed by atoms with Crippen LogP contribution in [-0.2, 0) is 0 Å². The Hall–Kier alpha value is -1.31. The standard InChI is InChI=1S/C8H10N2/c1-3-7-5-6-10-8(7)9-4-2/h3-6H,2H2,1H3,(H,9,10)/b7-3-. The molecule has 0 aromatic heterocycles. The van der Waals surface area contributed by atoms with Gasteiger partial charge < -0.3 is 5.32 Å². The Kier molecular flexibility index (Phi) is 2.05. The van der Waals surface area contributed by atoms with Gasteiger partial charge in [0.25, 0.3) is 0 Å². The molecule has 0 saturated heterocycles. The molecule has 52 valence electrons. The predicted octanol–water partition coefficient (Wildman–Crippen LogP) is 1.59. The minimum atomic E-state index is 0.873. The van der Waals surface area contributed by atoms with Crippen LogP contribution in [0.3, 0.4) is 0 Å². The second-order valence-electron chi connectivity index (χ2n) is 1.89. The number of nitrogens with one attached hydrogen (secondary N) is 1. The van der Waals surface area contributed by atoms with Gasteiger partial charge >= 0.3 is 0 Å². The van der Waals surface area contributed by atoms with Crippen LogP contribution in [0.1, 0.15) is 6.92 Å². The van der Waals surface area contributed by atoms with Gasteiger partial charge in [0, 0.05) is 11.8 Å². The molecule has 1 aliphatic rings. The van der Waals surface area contributed by atoms with Crippen molar-refractivity contribution < 1.29 is 0 Å². The fourth-order valence-electron chi connectivity index (χ4n) is 0.796. The van der Waals surface area contributed by atoms with Crippen molar-refractivity contribution in [3.05, 3.63) is 36.7 Å². The van der Waals surface area contributed by atoms with Gasteiger partial charge in [-0.05, 0) is 19.2 Å². The molecule has 0 aromatic rings. The fraction of sp³-hybridized carbons (Fsp3) is 0.125. The first-order valence-electron chi connectivity index (χ1n) is 3.17. The molecule has 1 N–H and O–H groups in total. The monoisotopic (exact) mass is 134 g/mol. The van der Waals surface area contributed by atoms with Crippen LogP contribution in [0, 0.1) is 0 Å². The topological polar surface area (TPSA) is 24.4 Å². The summed E-state index contributed by atoms with van der Waals surface area (Å²) >= 11 is 0. The van der Waals surface area contributed by atoms with Gasteiger partial charge in [0.2, 0.25) is 0 Å². The van der Waals surface area contributed by atoms with Crippen LogP contribution in [0.25, 0.3) is 0 Å². The molecule has 0 aromatic carbocycles. The summed E-state index contributed by atoms with van der Waals surface area (Å²) in [6.07, 6.45) is 7.33. The summed E-state index contributed by atoms with van der Waals surface area (Å²) in [4.78, 5) is 4.06. The van der Waals surface area contributed by atoms with Gasteiger partial charge in [0.1, 0.15) is 5.84 Å². The minimum Gasteiger partial charge on any atom is -0.347 e. The first kappa shape index (κ1) is 6.81. The SMILES string of the molecule is C=CNC1=NC=C/C1=C/C. The number of hydrogen-bond donors (Lipinski definition) is 1. The molecule has 0 unspecified atom stereocenters. The average molecular weight is 134 g/mol. The molecule has 0 atom stereocenters. The Bertz CT molecular complexity index is 221. The molecular weight excluding hydrogens is 124 g/mol. The molecule has 0 radical (unpaired) electrons. The van der Waals surface area contributed by atoms with E-state index in [9.17, 15) is 0 Å². The molecule has 1 rings (SSSR count). The van der Waals surface area contributed by atoms with Crippen LogP contribution in [0.15, 0.2) is 41.7 Å². The molecule has 0 fully saturated rings. The number of allylic oxidation sites excluding steroid dienone is 1. The summed E-state index contributed by atoms with van der Waals surface area (Å²) in [5, 5.41) is 2.93. The molecule has 0 saturated carbocycles. The van der Waals surface area contributed by atoms with Crippen LogP contribution in [0.2, 0.25) is 0 Å². The maximum Gasteiger partial charge on any atom is 0.136 e. The lowest BCUT2D eigenvalue weighted by molar-refractivity contribution is 1.27. The van der Waals surface area contributed by atoms with Crippen molar-refractivity contribution >= 4 is 5.84 Å². The highest BCUT2D eigenvalue weighted by atomic mass is 15.0. The van der Waals surface area contributed by atoms with Gasteiger partial charge in [-0.1, -0.05) is 12.7 Å². The third kappa shape index (κ3) is 1.16. The van der Waals surface area contributed by atoms with E-state index in [4.69, 9.17) is 0 Å². The summed E-state index contributed by atoms with van der Waals surface area (Å²) in [6.45, 7) is 5.52. The molecule has 10 heavy (non-hydrogen) atoms. The summed E-state index contributed by atoms with van der Waals surface area (Å²) in [5.41, 5.74) is 1.11. The smallest absolute Gasteiger partial charge is 0.136 e. The van der Waals surface area contributed by atoms with Gasteiger partial charge in [-0.15, -0.1) is 0 Å². The Balaban J connectivity index is 2.72. The van der Waals surface area contributed by atoms with E-state index in [1.54, 1.807) is 12.4 Å². The van der Waals surface area contributed by atoms with Crippen LogP contribution >= 0.6 is 0 Å². The zero-order valence-corrected chi connectivity index (χ0v) is 5.96. The molecule has 0 spiro atoms. The van der Waals surface area contributed by atoms with Crippen molar-refractivity contribution in [2.75, 3.05) is 0 Å². The van der Waals surface area contributed by atoms with E-state index in [2.05, 4.69) is 16.9 Å². The third-order valence-electron chi connectivity index (χ3n) is 1.28. The Morgan fingerprint density at radius 1 is 1.70 bits per heavy atom. The predicted molar refractivity (Wildman–Crippen MR) is 43.7 cm³/mol. The van der Waals surface area contributed by atoms with Crippen molar-refractivity contribution in [2.45, 2.75) is 6.92 Å².